The lowest BCUT2D eigenvalue weighted by Gasteiger charge is -2.23. The largest absolute Gasteiger partial charge is 0.486 e. The van der Waals surface area contributed by atoms with Crippen LogP contribution >= 0.6 is 0 Å². The summed E-state index contributed by atoms with van der Waals surface area (Å²) < 4.78 is 35.9. The van der Waals surface area contributed by atoms with E-state index in [1.807, 2.05) is 0 Å². The van der Waals surface area contributed by atoms with Gasteiger partial charge in [0.25, 0.3) is 0 Å². The monoisotopic (exact) mass is 500 g/mol. The smallest absolute Gasteiger partial charge is 0.414 e. The molecule has 3 N–H and O–H groups in total. The van der Waals surface area contributed by atoms with Crippen LogP contribution in [0.2, 0.25) is 0 Å². The molecule has 0 aliphatic carbocycles. The van der Waals surface area contributed by atoms with Crippen molar-refractivity contribution in [2.75, 3.05) is 38.3 Å². The van der Waals surface area contributed by atoms with Gasteiger partial charge in [0.05, 0.1) is 37.2 Å². The number of benzene rings is 1. The van der Waals surface area contributed by atoms with E-state index in [-0.39, 0.29) is 25.2 Å². The number of hydrogen-bond donors (Lipinski definition) is 3. The minimum Gasteiger partial charge on any atom is -0.486 e. The Morgan fingerprint density at radius 2 is 2.03 bits per heavy atom. The molecule has 0 spiro atoms. The number of nitrogens with zero attached hydrogens (tertiary/aromatic N) is 3. The molecule has 3 atom stereocenters. The van der Waals surface area contributed by atoms with Gasteiger partial charge in [-0.1, -0.05) is 0 Å². The highest BCUT2D eigenvalue weighted by atomic mass is 19.1. The number of aliphatic hydroxyl groups is 2. The van der Waals surface area contributed by atoms with Gasteiger partial charge < -0.3 is 34.5 Å². The van der Waals surface area contributed by atoms with Crippen molar-refractivity contribution in [2.24, 2.45) is 0 Å². The second-order valence-corrected chi connectivity index (χ2v) is 8.36. The van der Waals surface area contributed by atoms with Crippen LogP contribution in [0.1, 0.15) is 5.56 Å². The molecule has 2 aromatic heterocycles. The van der Waals surface area contributed by atoms with E-state index in [4.69, 9.17) is 18.9 Å². The standard InChI is InChI=1S/C24H25FN4O7/c1-33-21-5-3-16-22(28-21)14(15(25)10-27-16)9-26-11-17(30)23(31)20-12-29(24(32)36-20)13-2-4-18-19(8-13)35-7-6-34-18/h2-5,8,10,17,20,23,26,30-31H,6-7,9,11-12H2,1H3/t17-,20-,23+/m1/s1. The van der Waals surface area contributed by atoms with E-state index >= 15 is 0 Å². The maximum absolute atomic E-state index is 14.5. The van der Waals surface area contributed by atoms with Gasteiger partial charge in [0.1, 0.15) is 30.7 Å². The molecule has 2 aliphatic rings. The van der Waals surface area contributed by atoms with E-state index in [9.17, 15) is 19.4 Å². The van der Waals surface area contributed by atoms with Gasteiger partial charge in [0, 0.05) is 30.8 Å². The van der Waals surface area contributed by atoms with Crippen LogP contribution < -0.4 is 24.4 Å². The number of pyridine rings is 2. The Labute approximate surface area is 205 Å². The van der Waals surface area contributed by atoms with Gasteiger partial charge in [-0.3, -0.25) is 9.88 Å². The molecule has 1 aromatic carbocycles. The summed E-state index contributed by atoms with van der Waals surface area (Å²) in [6.07, 6.45) is -3.18. The van der Waals surface area contributed by atoms with E-state index in [1.54, 1.807) is 30.3 Å². The van der Waals surface area contributed by atoms with E-state index in [0.717, 1.165) is 6.20 Å². The number of carbonyl (C=O) groups is 1. The van der Waals surface area contributed by atoms with Gasteiger partial charge in [-0.15, -0.1) is 0 Å². The summed E-state index contributed by atoms with van der Waals surface area (Å²) >= 11 is 0. The first kappa shape index (κ1) is 24.0. The molecule has 1 saturated heterocycles. The molecular formula is C24H25FN4O7. The molecule has 5 rings (SSSR count). The Morgan fingerprint density at radius 1 is 1.22 bits per heavy atom. The quantitative estimate of drug-likeness (QED) is 0.416. The van der Waals surface area contributed by atoms with Crippen molar-refractivity contribution in [2.45, 2.75) is 24.9 Å². The number of aromatic nitrogens is 2. The zero-order chi connectivity index (χ0) is 25.2. The van der Waals surface area contributed by atoms with Crippen LogP contribution in [0.25, 0.3) is 11.0 Å². The maximum atomic E-state index is 14.5. The van der Waals surface area contributed by atoms with Crippen molar-refractivity contribution < 1.29 is 38.3 Å². The Hall–Kier alpha value is -3.74. The predicted molar refractivity (Wildman–Crippen MR) is 125 cm³/mol. The Morgan fingerprint density at radius 3 is 2.83 bits per heavy atom. The Balaban J connectivity index is 1.21. The fourth-order valence-corrected chi connectivity index (χ4v) is 4.15. The van der Waals surface area contributed by atoms with Gasteiger partial charge in [-0.2, -0.15) is 0 Å². The molecule has 12 heteroatoms. The number of amides is 1. The number of methoxy groups -OCH3 is 1. The lowest BCUT2D eigenvalue weighted by molar-refractivity contribution is -0.0460. The highest BCUT2D eigenvalue weighted by molar-refractivity contribution is 5.90. The van der Waals surface area contributed by atoms with Crippen LogP contribution in [0, 0.1) is 5.82 Å². The number of anilines is 1. The number of halogens is 1. The van der Waals surface area contributed by atoms with Crippen molar-refractivity contribution in [3.8, 4) is 17.4 Å². The highest BCUT2D eigenvalue weighted by Gasteiger charge is 2.39. The van der Waals surface area contributed by atoms with Crippen LogP contribution in [0.5, 0.6) is 17.4 Å². The third-order valence-electron chi connectivity index (χ3n) is 6.05. The van der Waals surface area contributed by atoms with Crippen molar-refractivity contribution >= 4 is 22.8 Å². The van der Waals surface area contributed by atoms with Crippen molar-refractivity contribution in [3.05, 3.63) is 47.9 Å². The number of ether oxygens (including phenoxy) is 4. The summed E-state index contributed by atoms with van der Waals surface area (Å²) in [6.45, 7) is 0.816. The summed E-state index contributed by atoms with van der Waals surface area (Å²) in [7, 11) is 1.46. The summed E-state index contributed by atoms with van der Waals surface area (Å²) in [6, 6.07) is 8.36. The van der Waals surface area contributed by atoms with Crippen LogP contribution in [0.3, 0.4) is 0 Å². The molecular weight excluding hydrogens is 475 g/mol. The topological polar surface area (TPSA) is 136 Å². The molecule has 0 saturated carbocycles. The van der Waals surface area contributed by atoms with Crippen molar-refractivity contribution in [3.63, 3.8) is 0 Å². The minimum absolute atomic E-state index is 0.0164. The Bertz CT molecular complexity index is 1280. The third-order valence-corrected chi connectivity index (χ3v) is 6.05. The summed E-state index contributed by atoms with van der Waals surface area (Å²) in [5, 5.41) is 24.1. The molecule has 11 nitrogen and oxygen atoms in total. The van der Waals surface area contributed by atoms with Crippen LogP contribution in [-0.4, -0.2) is 78.0 Å². The molecule has 0 unspecified atom stereocenters. The second kappa shape index (κ2) is 10.1. The summed E-state index contributed by atoms with van der Waals surface area (Å²) in [5.74, 6) is 0.855. The van der Waals surface area contributed by atoms with E-state index in [1.165, 1.54) is 12.0 Å². The molecule has 0 bridgehead atoms. The number of cyclic esters (lactones) is 1. The number of carbonyl (C=O) groups excluding carboxylic acids is 1. The van der Waals surface area contributed by atoms with E-state index in [0.29, 0.717) is 47.3 Å². The van der Waals surface area contributed by atoms with E-state index < -0.39 is 30.2 Å². The zero-order valence-corrected chi connectivity index (χ0v) is 19.4. The number of rotatable bonds is 8. The highest BCUT2D eigenvalue weighted by Crippen LogP contribution is 2.35. The fraction of sp³-hybridized carbons (Fsp3) is 0.375. The molecule has 0 radical (unpaired) electrons. The molecule has 1 amide bonds. The van der Waals surface area contributed by atoms with E-state index in [2.05, 4.69) is 15.3 Å². The van der Waals surface area contributed by atoms with Crippen molar-refractivity contribution in [1.82, 2.24) is 15.3 Å². The first-order chi connectivity index (χ1) is 17.4. The predicted octanol–water partition coefficient (Wildman–Crippen LogP) is 1.39. The fourth-order valence-electron chi connectivity index (χ4n) is 4.15. The van der Waals surface area contributed by atoms with Gasteiger partial charge in [-0.25, -0.2) is 14.2 Å². The number of hydrogen-bond acceptors (Lipinski definition) is 10. The molecule has 3 aromatic rings. The average Bonchev–Trinajstić information content (AvgIpc) is 3.30. The third kappa shape index (κ3) is 4.70. The normalized spacial score (nSPS) is 18.7. The second-order valence-electron chi connectivity index (χ2n) is 8.36. The summed E-state index contributed by atoms with van der Waals surface area (Å²) in [5.41, 5.74) is 1.59. The molecule has 4 heterocycles. The maximum Gasteiger partial charge on any atom is 0.414 e. The van der Waals surface area contributed by atoms with Crippen LogP contribution in [0.4, 0.5) is 14.9 Å². The number of aliphatic hydroxyl groups excluding tert-OH is 2. The molecule has 190 valence electrons. The van der Waals surface area contributed by atoms with Gasteiger partial charge in [-0.05, 0) is 18.2 Å². The Kier molecular flexibility index (Phi) is 6.72. The number of fused-ring (bicyclic) bond motifs is 2. The van der Waals surface area contributed by atoms with Crippen LogP contribution in [0.15, 0.2) is 36.5 Å². The zero-order valence-electron chi connectivity index (χ0n) is 19.4. The lowest BCUT2D eigenvalue weighted by Crippen LogP contribution is -2.44. The van der Waals surface area contributed by atoms with Crippen LogP contribution in [-0.2, 0) is 11.3 Å². The number of nitrogens with one attached hydrogen (secondary N) is 1. The molecule has 2 aliphatic heterocycles. The molecule has 36 heavy (non-hydrogen) atoms. The lowest BCUT2D eigenvalue weighted by atomic mass is 10.1. The SMILES string of the molecule is COc1ccc2ncc(F)c(CNC[C@@H](O)[C@H](O)[C@H]3CN(c4ccc5c(c4)OCCO5)C(=O)O3)c2n1. The minimum atomic E-state index is -1.37. The average molecular weight is 500 g/mol. The molecule has 1 fully saturated rings. The van der Waals surface area contributed by atoms with Gasteiger partial charge >= 0.3 is 6.09 Å². The first-order valence-corrected chi connectivity index (χ1v) is 11.4. The first-order valence-electron chi connectivity index (χ1n) is 11.4. The van der Waals surface area contributed by atoms with Crippen molar-refractivity contribution in [1.29, 1.82) is 0 Å². The summed E-state index contributed by atoms with van der Waals surface area (Å²) in [4.78, 5) is 22.1. The van der Waals surface area contributed by atoms with Gasteiger partial charge in [0.15, 0.2) is 17.6 Å². The van der Waals surface area contributed by atoms with Gasteiger partial charge in [0.2, 0.25) is 5.88 Å².